The van der Waals surface area contributed by atoms with Crippen LogP contribution >= 0.6 is 11.6 Å². The number of rotatable bonds is 0. The summed E-state index contributed by atoms with van der Waals surface area (Å²) < 4.78 is 12.2. The fourth-order valence-corrected chi connectivity index (χ4v) is 0.615. The predicted octanol–water partition coefficient (Wildman–Crippen LogP) is 2.18. The number of pyridine rings is 1. The summed E-state index contributed by atoms with van der Waals surface area (Å²) >= 11 is 5.53. The van der Waals surface area contributed by atoms with Crippen LogP contribution in [0, 0.1) is 12.9 Å². The molecule has 0 aromatic carbocycles. The molecule has 3 heteroatoms. The summed E-state index contributed by atoms with van der Waals surface area (Å²) in [6.45, 7) is 1.77. The SMILES string of the molecule is Cc1cnc(F)cc1Cl. The molecule has 9 heavy (non-hydrogen) atoms. The molecule has 0 saturated carbocycles. The molecule has 0 atom stereocenters. The molecule has 0 amide bonds. The average molecular weight is 146 g/mol. The number of halogens is 2. The van der Waals surface area contributed by atoms with Crippen molar-refractivity contribution in [3.05, 3.63) is 28.8 Å². The zero-order valence-corrected chi connectivity index (χ0v) is 5.61. The van der Waals surface area contributed by atoms with Crippen LogP contribution in [-0.2, 0) is 0 Å². The molecule has 0 radical (unpaired) electrons. The lowest BCUT2D eigenvalue weighted by Crippen LogP contribution is -1.82. The Morgan fingerprint density at radius 2 is 2.33 bits per heavy atom. The molecule has 0 spiro atoms. The maximum atomic E-state index is 12.2. The average Bonchev–Trinajstić information content (AvgIpc) is 1.80. The van der Waals surface area contributed by atoms with Gasteiger partial charge in [-0.1, -0.05) is 11.6 Å². The largest absolute Gasteiger partial charge is 0.228 e. The first-order chi connectivity index (χ1) is 4.20. The van der Waals surface area contributed by atoms with E-state index in [9.17, 15) is 4.39 Å². The van der Waals surface area contributed by atoms with Crippen molar-refractivity contribution in [1.29, 1.82) is 0 Å². The quantitative estimate of drug-likeness (QED) is 0.510. The number of hydrogen-bond acceptors (Lipinski definition) is 1. The molecule has 1 aromatic rings. The zero-order chi connectivity index (χ0) is 6.85. The molecular weight excluding hydrogens is 141 g/mol. The molecule has 1 nitrogen and oxygen atoms in total. The minimum absolute atomic E-state index is 0.419. The molecule has 1 heterocycles. The van der Waals surface area contributed by atoms with E-state index in [0.29, 0.717) is 5.02 Å². The van der Waals surface area contributed by atoms with Gasteiger partial charge in [0.2, 0.25) is 5.95 Å². The highest BCUT2D eigenvalue weighted by atomic mass is 35.5. The van der Waals surface area contributed by atoms with E-state index in [-0.39, 0.29) is 0 Å². The Labute approximate surface area is 57.5 Å². The van der Waals surface area contributed by atoms with E-state index >= 15 is 0 Å². The molecule has 0 fully saturated rings. The number of aryl methyl sites for hydroxylation is 1. The van der Waals surface area contributed by atoms with Crippen LogP contribution in [-0.4, -0.2) is 4.98 Å². The molecule has 0 aliphatic heterocycles. The number of nitrogens with zero attached hydrogens (tertiary/aromatic N) is 1. The van der Waals surface area contributed by atoms with Gasteiger partial charge < -0.3 is 0 Å². The Hall–Kier alpha value is -0.630. The smallest absolute Gasteiger partial charge is 0.214 e. The molecule has 0 aliphatic carbocycles. The van der Waals surface area contributed by atoms with Crippen LogP contribution in [0.4, 0.5) is 4.39 Å². The van der Waals surface area contributed by atoms with Gasteiger partial charge >= 0.3 is 0 Å². The summed E-state index contributed by atoms with van der Waals surface area (Å²) in [5.41, 5.74) is 0.790. The van der Waals surface area contributed by atoms with Crippen molar-refractivity contribution in [2.24, 2.45) is 0 Å². The maximum Gasteiger partial charge on any atom is 0.214 e. The van der Waals surface area contributed by atoms with Crippen molar-refractivity contribution in [3.8, 4) is 0 Å². The van der Waals surface area contributed by atoms with E-state index in [1.807, 2.05) is 0 Å². The van der Waals surface area contributed by atoms with Gasteiger partial charge in [0.1, 0.15) is 0 Å². The van der Waals surface area contributed by atoms with Gasteiger partial charge in [-0.3, -0.25) is 0 Å². The molecular formula is C6H5ClFN. The third kappa shape index (κ3) is 1.39. The Morgan fingerprint density at radius 3 is 2.78 bits per heavy atom. The monoisotopic (exact) mass is 145 g/mol. The minimum atomic E-state index is -0.536. The second-order valence-electron chi connectivity index (χ2n) is 1.76. The fourth-order valence-electron chi connectivity index (χ4n) is 0.476. The lowest BCUT2D eigenvalue weighted by Gasteiger charge is -1.92. The first-order valence-electron chi connectivity index (χ1n) is 2.48. The third-order valence-corrected chi connectivity index (χ3v) is 1.41. The minimum Gasteiger partial charge on any atom is -0.228 e. The highest BCUT2D eigenvalue weighted by Gasteiger charge is 1.95. The summed E-state index contributed by atoms with van der Waals surface area (Å²) in [5.74, 6) is -0.536. The van der Waals surface area contributed by atoms with Crippen LogP contribution in [0.1, 0.15) is 5.56 Å². The van der Waals surface area contributed by atoms with E-state index in [1.165, 1.54) is 12.3 Å². The zero-order valence-electron chi connectivity index (χ0n) is 4.86. The van der Waals surface area contributed by atoms with Gasteiger partial charge in [-0.2, -0.15) is 4.39 Å². The molecule has 1 rings (SSSR count). The van der Waals surface area contributed by atoms with Gasteiger partial charge in [-0.05, 0) is 12.5 Å². The van der Waals surface area contributed by atoms with Crippen LogP contribution < -0.4 is 0 Å². The highest BCUT2D eigenvalue weighted by Crippen LogP contribution is 2.12. The molecule has 0 aliphatic rings. The predicted molar refractivity (Wildman–Crippen MR) is 33.9 cm³/mol. The summed E-state index contributed by atoms with van der Waals surface area (Å²) in [6.07, 6.45) is 1.40. The van der Waals surface area contributed by atoms with Crippen molar-refractivity contribution in [2.75, 3.05) is 0 Å². The fraction of sp³-hybridized carbons (Fsp3) is 0.167. The number of hydrogen-bond donors (Lipinski definition) is 0. The van der Waals surface area contributed by atoms with Crippen LogP contribution in [0.25, 0.3) is 0 Å². The third-order valence-electron chi connectivity index (χ3n) is 1.00. The second-order valence-corrected chi connectivity index (χ2v) is 2.16. The van der Waals surface area contributed by atoms with Crippen molar-refractivity contribution in [2.45, 2.75) is 6.92 Å². The normalized spacial score (nSPS) is 9.67. The van der Waals surface area contributed by atoms with Crippen molar-refractivity contribution >= 4 is 11.6 Å². The Bertz CT molecular complexity index is 224. The summed E-state index contributed by atoms with van der Waals surface area (Å²) in [5, 5.41) is 0.419. The molecule has 48 valence electrons. The molecule has 0 unspecified atom stereocenters. The first kappa shape index (κ1) is 6.49. The Kier molecular flexibility index (Phi) is 1.67. The Balaban J connectivity index is 3.17. The molecule has 1 aromatic heterocycles. The maximum absolute atomic E-state index is 12.2. The van der Waals surface area contributed by atoms with Crippen molar-refractivity contribution < 1.29 is 4.39 Å². The van der Waals surface area contributed by atoms with E-state index in [4.69, 9.17) is 11.6 Å². The van der Waals surface area contributed by atoms with E-state index in [1.54, 1.807) is 6.92 Å². The molecule has 0 bridgehead atoms. The number of aromatic nitrogens is 1. The van der Waals surface area contributed by atoms with Gasteiger partial charge in [0, 0.05) is 17.3 Å². The Morgan fingerprint density at radius 1 is 1.67 bits per heavy atom. The van der Waals surface area contributed by atoms with Gasteiger partial charge in [0.05, 0.1) is 0 Å². The van der Waals surface area contributed by atoms with Gasteiger partial charge in [-0.25, -0.2) is 4.98 Å². The van der Waals surface area contributed by atoms with Gasteiger partial charge in [0.15, 0.2) is 0 Å². The topological polar surface area (TPSA) is 12.9 Å². The van der Waals surface area contributed by atoms with E-state index in [2.05, 4.69) is 4.98 Å². The van der Waals surface area contributed by atoms with Crippen LogP contribution in [0.2, 0.25) is 5.02 Å². The summed E-state index contributed by atoms with van der Waals surface area (Å²) in [6, 6.07) is 1.19. The summed E-state index contributed by atoms with van der Waals surface area (Å²) in [4.78, 5) is 3.39. The van der Waals surface area contributed by atoms with E-state index < -0.39 is 5.95 Å². The second kappa shape index (κ2) is 2.31. The first-order valence-corrected chi connectivity index (χ1v) is 2.85. The van der Waals surface area contributed by atoms with Crippen LogP contribution in [0.5, 0.6) is 0 Å². The van der Waals surface area contributed by atoms with E-state index in [0.717, 1.165) is 5.56 Å². The van der Waals surface area contributed by atoms with Crippen molar-refractivity contribution in [3.63, 3.8) is 0 Å². The lowest BCUT2D eigenvalue weighted by molar-refractivity contribution is 0.583. The molecule has 0 N–H and O–H groups in total. The van der Waals surface area contributed by atoms with Crippen LogP contribution in [0.15, 0.2) is 12.3 Å². The van der Waals surface area contributed by atoms with Gasteiger partial charge in [0.25, 0.3) is 0 Å². The van der Waals surface area contributed by atoms with Gasteiger partial charge in [-0.15, -0.1) is 0 Å². The summed E-state index contributed by atoms with van der Waals surface area (Å²) in [7, 11) is 0. The van der Waals surface area contributed by atoms with Crippen molar-refractivity contribution in [1.82, 2.24) is 4.98 Å². The molecule has 0 saturated heterocycles. The lowest BCUT2D eigenvalue weighted by atomic mass is 10.3. The highest BCUT2D eigenvalue weighted by molar-refractivity contribution is 6.31. The standard InChI is InChI=1S/C6H5ClFN/c1-4-3-9-6(8)2-5(4)7/h2-3H,1H3. The van der Waals surface area contributed by atoms with Crippen LogP contribution in [0.3, 0.4) is 0 Å².